The van der Waals surface area contributed by atoms with Gasteiger partial charge < -0.3 is 10.1 Å². The van der Waals surface area contributed by atoms with Crippen LogP contribution in [0.5, 0.6) is 0 Å². The SMILES string of the molecule is CCn1nnc2cc(C(=O)NCc3ccccc3COC(C)C)ccc21. The number of amides is 1. The number of aryl methyl sites for hydroxylation is 1. The third-order valence-corrected chi connectivity index (χ3v) is 4.21. The van der Waals surface area contributed by atoms with E-state index in [0.29, 0.717) is 18.7 Å². The number of ether oxygens (including phenoxy) is 1. The zero-order valence-corrected chi connectivity index (χ0v) is 15.4. The van der Waals surface area contributed by atoms with E-state index in [9.17, 15) is 4.79 Å². The molecule has 0 aliphatic rings. The normalized spacial score (nSPS) is 11.2. The van der Waals surface area contributed by atoms with Crippen LogP contribution in [0.3, 0.4) is 0 Å². The number of benzene rings is 2. The Labute approximate surface area is 153 Å². The molecule has 0 aliphatic heterocycles. The lowest BCUT2D eigenvalue weighted by molar-refractivity contribution is 0.0651. The summed E-state index contributed by atoms with van der Waals surface area (Å²) in [5.41, 5.74) is 4.38. The Kier molecular flexibility index (Phi) is 5.63. The van der Waals surface area contributed by atoms with Gasteiger partial charge in [0, 0.05) is 18.7 Å². The molecule has 0 radical (unpaired) electrons. The van der Waals surface area contributed by atoms with Crippen LogP contribution in [-0.2, 0) is 24.4 Å². The molecular weight excluding hydrogens is 328 g/mol. The van der Waals surface area contributed by atoms with Crippen molar-refractivity contribution in [2.45, 2.75) is 46.6 Å². The van der Waals surface area contributed by atoms with E-state index >= 15 is 0 Å². The van der Waals surface area contributed by atoms with E-state index in [2.05, 4.69) is 15.6 Å². The molecule has 1 heterocycles. The Morgan fingerprint density at radius 2 is 1.96 bits per heavy atom. The van der Waals surface area contributed by atoms with E-state index in [0.717, 1.165) is 28.7 Å². The first-order chi connectivity index (χ1) is 12.6. The summed E-state index contributed by atoms with van der Waals surface area (Å²) in [5, 5.41) is 11.2. The van der Waals surface area contributed by atoms with Gasteiger partial charge >= 0.3 is 0 Å². The van der Waals surface area contributed by atoms with Gasteiger partial charge in [-0.05, 0) is 50.1 Å². The van der Waals surface area contributed by atoms with E-state index in [1.807, 2.05) is 55.8 Å². The molecule has 0 aliphatic carbocycles. The van der Waals surface area contributed by atoms with Crippen molar-refractivity contribution in [3.8, 4) is 0 Å². The van der Waals surface area contributed by atoms with Crippen LogP contribution in [0.1, 0.15) is 42.3 Å². The number of nitrogens with one attached hydrogen (secondary N) is 1. The Hall–Kier alpha value is -2.73. The lowest BCUT2D eigenvalue weighted by atomic mass is 10.1. The summed E-state index contributed by atoms with van der Waals surface area (Å²) in [7, 11) is 0. The van der Waals surface area contributed by atoms with Gasteiger partial charge in [0.05, 0.1) is 18.2 Å². The highest BCUT2D eigenvalue weighted by Gasteiger charge is 2.11. The highest BCUT2D eigenvalue weighted by atomic mass is 16.5. The number of nitrogens with zero attached hydrogens (tertiary/aromatic N) is 3. The molecule has 26 heavy (non-hydrogen) atoms. The van der Waals surface area contributed by atoms with Gasteiger partial charge in [0.2, 0.25) is 0 Å². The van der Waals surface area contributed by atoms with Crippen LogP contribution in [0, 0.1) is 0 Å². The van der Waals surface area contributed by atoms with Crippen molar-refractivity contribution in [1.29, 1.82) is 0 Å². The first-order valence-corrected chi connectivity index (χ1v) is 8.88. The van der Waals surface area contributed by atoms with Crippen LogP contribution in [0.15, 0.2) is 42.5 Å². The molecule has 0 spiro atoms. The van der Waals surface area contributed by atoms with Gasteiger partial charge in [-0.15, -0.1) is 5.10 Å². The summed E-state index contributed by atoms with van der Waals surface area (Å²) < 4.78 is 7.50. The first-order valence-electron chi connectivity index (χ1n) is 8.88. The van der Waals surface area contributed by atoms with Gasteiger partial charge in [-0.2, -0.15) is 0 Å². The van der Waals surface area contributed by atoms with Gasteiger partial charge in [-0.3, -0.25) is 4.79 Å². The van der Waals surface area contributed by atoms with Crippen molar-refractivity contribution >= 4 is 16.9 Å². The molecule has 6 nitrogen and oxygen atoms in total. The van der Waals surface area contributed by atoms with E-state index in [-0.39, 0.29) is 12.0 Å². The minimum atomic E-state index is -0.127. The summed E-state index contributed by atoms with van der Waals surface area (Å²) in [5.74, 6) is -0.127. The molecule has 136 valence electrons. The maximum Gasteiger partial charge on any atom is 0.251 e. The summed E-state index contributed by atoms with van der Waals surface area (Å²) in [6.45, 7) is 7.77. The Morgan fingerprint density at radius 3 is 2.69 bits per heavy atom. The van der Waals surface area contributed by atoms with Crippen LogP contribution in [0.4, 0.5) is 0 Å². The number of aromatic nitrogens is 3. The Bertz CT molecular complexity index is 902. The zero-order valence-electron chi connectivity index (χ0n) is 15.4. The Morgan fingerprint density at radius 1 is 1.19 bits per heavy atom. The number of rotatable bonds is 7. The lowest BCUT2D eigenvalue weighted by Crippen LogP contribution is -2.23. The second-order valence-electron chi connectivity index (χ2n) is 6.42. The minimum absolute atomic E-state index is 0.127. The molecule has 2 aromatic carbocycles. The molecule has 3 aromatic rings. The van der Waals surface area contributed by atoms with Crippen molar-refractivity contribution in [3.63, 3.8) is 0 Å². The lowest BCUT2D eigenvalue weighted by Gasteiger charge is -2.13. The maximum absolute atomic E-state index is 12.5. The number of hydrogen-bond donors (Lipinski definition) is 1. The molecule has 0 fully saturated rings. The molecule has 0 saturated heterocycles. The van der Waals surface area contributed by atoms with E-state index in [4.69, 9.17) is 4.74 Å². The molecule has 3 rings (SSSR count). The van der Waals surface area contributed by atoms with Gasteiger partial charge in [-0.1, -0.05) is 29.5 Å². The standard InChI is InChI=1S/C20H24N4O2/c1-4-24-19-10-9-15(11-18(19)22-23-24)20(25)21-12-16-7-5-6-8-17(16)13-26-14(2)3/h5-11,14H,4,12-13H2,1-3H3,(H,21,25). The third kappa shape index (κ3) is 4.08. The number of fused-ring (bicyclic) bond motifs is 1. The molecule has 1 N–H and O–H groups in total. The van der Waals surface area contributed by atoms with Crippen LogP contribution in [0.25, 0.3) is 11.0 Å². The van der Waals surface area contributed by atoms with Crippen molar-refractivity contribution < 1.29 is 9.53 Å². The Balaban J connectivity index is 1.69. The summed E-state index contributed by atoms with van der Waals surface area (Å²) >= 11 is 0. The fraction of sp³-hybridized carbons (Fsp3) is 0.350. The van der Waals surface area contributed by atoms with Gasteiger partial charge in [0.25, 0.3) is 5.91 Å². The molecule has 0 saturated carbocycles. The van der Waals surface area contributed by atoms with Crippen molar-refractivity contribution in [2.75, 3.05) is 0 Å². The molecule has 0 bridgehead atoms. The van der Waals surface area contributed by atoms with E-state index in [1.54, 1.807) is 12.1 Å². The highest BCUT2D eigenvalue weighted by molar-refractivity contribution is 5.97. The van der Waals surface area contributed by atoms with E-state index in [1.165, 1.54) is 0 Å². The minimum Gasteiger partial charge on any atom is -0.374 e. The number of hydrogen-bond acceptors (Lipinski definition) is 4. The van der Waals surface area contributed by atoms with Crippen LogP contribution < -0.4 is 5.32 Å². The van der Waals surface area contributed by atoms with Crippen molar-refractivity contribution in [1.82, 2.24) is 20.3 Å². The molecule has 0 unspecified atom stereocenters. The van der Waals surface area contributed by atoms with Crippen LogP contribution in [-0.4, -0.2) is 27.0 Å². The number of carbonyl (C=O) groups is 1. The summed E-state index contributed by atoms with van der Waals surface area (Å²) in [6, 6.07) is 13.5. The predicted octanol–water partition coefficient (Wildman–Crippen LogP) is 3.31. The maximum atomic E-state index is 12.5. The second-order valence-corrected chi connectivity index (χ2v) is 6.42. The summed E-state index contributed by atoms with van der Waals surface area (Å²) in [6.07, 6.45) is 0.168. The zero-order chi connectivity index (χ0) is 18.5. The van der Waals surface area contributed by atoms with Crippen LogP contribution in [0.2, 0.25) is 0 Å². The van der Waals surface area contributed by atoms with Crippen molar-refractivity contribution in [2.24, 2.45) is 0 Å². The van der Waals surface area contributed by atoms with Gasteiger partial charge in [0.1, 0.15) is 5.52 Å². The summed E-state index contributed by atoms with van der Waals surface area (Å²) in [4.78, 5) is 12.5. The number of carbonyl (C=O) groups excluding carboxylic acids is 1. The second kappa shape index (κ2) is 8.10. The average molecular weight is 352 g/mol. The highest BCUT2D eigenvalue weighted by Crippen LogP contribution is 2.15. The average Bonchev–Trinajstić information content (AvgIpc) is 3.07. The van der Waals surface area contributed by atoms with Crippen LogP contribution >= 0.6 is 0 Å². The monoisotopic (exact) mass is 352 g/mol. The van der Waals surface area contributed by atoms with Gasteiger partial charge in [0.15, 0.2) is 0 Å². The van der Waals surface area contributed by atoms with E-state index < -0.39 is 0 Å². The molecular formula is C20H24N4O2. The largest absolute Gasteiger partial charge is 0.374 e. The third-order valence-electron chi connectivity index (χ3n) is 4.21. The van der Waals surface area contributed by atoms with Crippen molar-refractivity contribution in [3.05, 3.63) is 59.2 Å². The first kappa shape index (κ1) is 18.1. The van der Waals surface area contributed by atoms with Gasteiger partial charge in [-0.25, -0.2) is 4.68 Å². The smallest absolute Gasteiger partial charge is 0.251 e. The predicted molar refractivity (Wildman–Crippen MR) is 101 cm³/mol. The fourth-order valence-electron chi connectivity index (χ4n) is 2.75. The fourth-order valence-corrected chi connectivity index (χ4v) is 2.75. The quantitative estimate of drug-likeness (QED) is 0.708. The topological polar surface area (TPSA) is 69.0 Å². The molecule has 6 heteroatoms. The molecule has 1 aromatic heterocycles. The molecule has 1 amide bonds. The molecule has 0 atom stereocenters.